The van der Waals surface area contributed by atoms with Gasteiger partial charge < -0.3 is 0 Å². The molecule has 1 aromatic heterocycles. The molecule has 3 heteroatoms. The number of hydrogen-bond acceptors (Lipinski definition) is 3. The number of thiophene rings is 1. The summed E-state index contributed by atoms with van der Waals surface area (Å²) in [5, 5.41) is 2.18. The first kappa shape index (κ1) is 14.5. The summed E-state index contributed by atoms with van der Waals surface area (Å²) in [5.74, 6) is 0.286. The van der Waals surface area contributed by atoms with E-state index in [1.165, 1.54) is 10.4 Å². The molecule has 0 fully saturated rings. The maximum atomic E-state index is 12.5. The molecule has 3 rings (SSSR count). The normalized spacial score (nSPS) is 20.0. The SMILES string of the molecule is CC(CN1CCc2sccc2C1C)C(=O)c1ccccc1. The zero-order valence-corrected chi connectivity index (χ0v) is 13.4. The van der Waals surface area contributed by atoms with E-state index in [0.29, 0.717) is 6.04 Å². The van der Waals surface area contributed by atoms with Crippen molar-refractivity contribution in [1.29, 1.82) is 0 Å². The third-order valence-electron chi connectivity index (χ3n) is 4.42. The van der Waals surface area contributed by atoms with Crippen LogP contribution in [0.2, 0.25) is 0 Å². The van der Waals surface area contributed by atoms with Gasteiger partial charge in [0, 0.05) is 35.5 Å². The Morgan fingerprint density at radius 2 is 2.10 bits per heavy atom. The van der Waals surface area contributed by atoms with Gasteiger partial charge in [-0.05, 0) is 30.4 Å². The van der Waals surface area contributed by atoms with Gasteiger partial charge >= 0.3 is 0 Å². The molecule has 0 aliphatic carbocycles. The fourth-order valence-corrected chi connectivity index (χ4v) is 4.10. The molecule has 2 unspecified atom stereocenters. The first-order chi connectivity index (χ1) is 10.2. The van der Waals surface area contributed by atoms with Gasteiger partial charge in [0.25, 0.3) is 0 Å². The molecule has 2 heterocycles. The van der Waals surface area contributed by atoms with Gasteiger partial charge in [0.05, 0.1) is 0 Å². The Hall–Kier alpha value is -1.45. The Kier molecular flexibility index (Phi) is 4.22. The summed E-state index contributed by atoms with van der Waals surface area (Å²) in [6, 6.07) is 12.3. The summed E-state index contributed by atoms with van der Waals surface area (Å²) in [6.07, 6.45) is 1.11. The molecule has 2 atom stereocenters. The Morgan fingerprint density at radius 1 is 1.33 bits per heavy atom. The van der Waals surface area contributed by atoms with E-state index in [1.54, 1.807) is 0 Å². The highest BCUT2D eigenvalue weighted by Crippen LogP contribution is 2.33. The number of benzene rings is 1. The summed E-state index contributed by atoms with van der Waals surface area (Å²) >= 11 is 1.86. The second kappa shape index (κ2) is 6.12. The fourth-order valence-electron chi connectivity index (χ4n) is 3.13. The van der Waals surface area contributed by atoms with Gasteiger partial charge in [0.2, 0.25) is 0 Å². The molecule has 0 saturated heterocycles. The van der Waals surface area contributed by atoms with E-state index >= 15 is 0 Å². The molecular weight excluding hydrogens is 278 g/mol. The Balaban J connectivity index is 1.68. The van der Waals surface area contributed by atoms with E-state index in [0.717, 1.165) is 25.1 Å². The Bertz CT molecular complexity index is 619. The molecular formula is C18H21NOS. The van der Waals surface area contributed by atoms with Crippen LogP contribution < -0.4 is 0 Å². The molecule has 0 spiro atoms. The maximum absolute atomic E-state index is 12.5. The van der Waals surface area contributed by atoms with Crippen molar-refractivity contribution < 1.29 is 4.79 Å². The highest BCUT2D eigenvalue weighted by atomic mass is 32.1. The highest BCUT2D eigenvalue weighted by molar-refractivity contribution is 7.10. The monoisotopic (exact) mass is 299 g/mol. The van der Waals surface area contributed by atoms with Gasteiger partial charge in [-0.25, -0.2) is 0 Å². The van der Waals surface area contributed by atoms with Crippen LogP contribution in [0.1, 0.15) is 40.7 Å². The largest absolute Gasteiger partial charge is 0.295 e. The maximum Gasteiger partial charge on any atom is 0.166 e. The smallest absolute Gasteiger partial charge is 0.166 e. The number of carbonyl (C=O) groups is 1. The van der Waals surface area contributed by atoms with Crippen molar-refractivity contribution >= 4 is 17.1 Å². The van der Waals surface area contributed by atoms with Gasteiger partial charge in [-0.1, -0.05) is 37.3 Å². The highest BCUT2D eigenvalue weighted by Gasteiger charge is 2.27. The lowest BCUT2D eigenvalue weighted by Gasteiger charge is -2.35. The average Bonchev–Trinajstić information content (AvgIpc) is 2.99. The third-order valence-corrected chi connectivity index (χ3v) is 5.41. The lowest BCUT2D eigenvalue weighted by molar-refractivity contribution is 0.0866. The number of ketones is 1. The number of rotatable bonds is 4. The van der Waals surface area contributed by atoms with Crippen molar-refractivity contribution in [3.05, 3.63) is 57.8 Å². The molecule has 110 valence electrons. The Morgan fingerprint density at radius 3 is 2.86 bits per heavy atom. The van der Waals surface area contributed by atoms with Crippen molar-refractivity contribution in [2.24, 2.45) is 5.92 Å². The first-order valence-corrected chi connectivity index (χ1v) is 8.44. The second-order valence-corrected chi connectivity index (χ2v) is 6.85. The molecule has 2 aromatic rings. The molecule has 0 saturated carbocycles. The summed E-state index contributed by atoms with van der Waals surface area (Å²) in [5.41, 5.74) is 2.27. The number of nitrogens with zero attached hydrogens (tertiary/aromatic N) is 1. The van der Waals surface area contributed by atoms with Crippen LogP contribution in [0.3, 0.4) is 0 Å². The van der Waals surface area contributed by atoms with E-state index in [4.69, 9.17) is 0 Å². The fraction of sp³-hybridized carbons (Fsp3) is 0.389. The molecule has 21 heavy (non-hydrogen) atoms. The Labute approximate surface area is 130 Å². The predicted octanol–water partition coefficient (Wildman–Crippen LogP) is 4.19. The van der Waals surface area contributed by atoms with E-state index in [9.17, 15) is 4.79 Å². The lowest BCUT2D eigenvalue weighted by atomic mass is 9.95. The molecule has 0 amide bonds. The number of Topliss-reactive ketones (excluding diaryl/α,β-unsaturated/α-hetero) is 1. The summed E-state index contributed by atoms with van der Waals surface area (Å²) < 4.78 is 0. The molecule has 1 aliphatic heterocycles. The van der Waals surface area contributed by atoms with Gasteiger partial charge in [-0.2, -0.15) is 0 Å². The molecule has 0 bridgehead atoms. The third kappa shape index (κ3) is 2.94. The van der Waals surface area contributed by atoms with Gasteiger partial charge in [-0.15, -0.1) is 11.3 Å². The minimum Gasteiger partial charge on any atom is -0.295 e. The zero-order chi connectivity index (χ0) is 14.8. The first-order valence-electron chi connectivity index (χ1n) is 7.56. The summed E-state index contributed by atoms with van der Waals surface area (Å²) in [7, 11) is 0. The van der Waals surface area contributed by atoms with Crippen LogP contribution in [0, 0.1) is 5.92 Å². The van der Waals surface area contributed by atoms with Gasteiger partial charge in [-0.3, -0.25) is 9.69 Å². The molecule has 0 radical (unpaired) electrons. The molecule has 2 nitrogen and oxygen atoms in total. The number of hydrogen-bond donors (Lipinski definition) is 0. The quantitative estimate of drug-likeness (QED) is 0.789. The van der Waals surface area contributed by atoms with Crippen molar-refractivity contribution in [3.63, 3.8) is 0 Å². The van der Waals surface area contributed by atoms with E-state index in [2.05, 4.69) is 23.3 Å². The van der Waals surface area contributed by atoms with Crippen LogP contribution in [-0.4, -0.2) is 23.8 Å². The van der Waals surface area contributed by atoms with Crippen LogP contribution >= 0.6 is 11.3 Å². The van der Waals surface area contributed by atoms with Crippen molar-refractivity contribution in [1.82, 2.24) is 4.90 Å². The molecule has 1 aromatic carbocycles. The minimum atomic E-state index is 0.0371. The van der Waals surface area contributed by atoms with Gasteiger partial charge in [0.1, 0.15) is 0 Å². The number of fused-ring (bicyclic) bond motifs is 1. The molecule has 1 aliphatic rings. The topological polar surface area (TPSA) is 20.3 Å². The van der Waals surface area contributed by atoms with E-state index in [-0.39, 0.29) is 11.7 Å². The second-order valence-electron chi connectivity index (χ2n) is 5.85. The average molecular weight is 299 g/mol. The number of carbonyl (C=O) groups excluding carboxylic acids is 1. The summed E-state index contributed by atoms with van der Waals surface area (Å²) in [6.45, 7) is 6.20. The van der Waals surface area contributed by atoms with Crippen LogP contribution in [0.5, 0.6) is 0 Å². The van der Waals surface area contributed by atoms with Crippen LogP contribution in [0.15, 0.2) is 41.8 Å². The lowest BCUT2D eigenvalue weighted by Crippen LogP contribution is -2.38. The summed E-state index contributed by atoms with van der Waals surface area (Å²) in [4.78, 5) is 16.5. The predicted molar refractivity (Wildman–Crippen MR) is 87.9 cm³/mol. The van der Waals surface area contributed by atoms with E-state index in [1.807, 2.05) is 48.6 Å². The van der Waals surface area contributed by atoms with Crippen LogP contribution in [0.25, 0.3) is 0 Å². The van der Waals surface area contributed by atoms with Crippen molar-refractivity contribution in [2.75, 3.05) is 13.1 Å². The van der Waals surface area contributed by atoms with E-state index < -0.39 is 0 Å². The van der Waals surface area contributed by atoms with Crippen molar-refractivity contribution in [2.45, 2.75) is 26.3 Å². The minimum absolute atomic E-state index is 0.0371. The molecule has 0 N–H and O–H groups in total. The zero-order valence-electron chi connectivity index (χ0n) is 12.6. The van der Waals surface area contributed by atoms with Crippen LogP contribution in [-0.2, 0) is 6.42 Å². The standard InChI is InChI=1S/C18H21NOS/c1-13(18(20)15-6-4-3-5-7-15)12-19-10-8-17-16(14(19)2)9-11-21-17/h3-7,9,11,13-14H,8,10,12H2,1-2H3. The van der Waals surface area contributed by atoms with Gasteiger partial charge in [0.15, 0.2) is 5.78 Å². The van der Waals surface area contributed by atoms with Crippen molar-refractivity contribution in [3.8, 4) is 0 Å². The van der Waals surface area contributed by atoms with Crippen LogP contribution in [0.4, 0.5) is 0 Å².